The van der Waals surface area contributed by atoms with E-state index in [1.807, 2.05) is 74.5 Å². The van der Waals surface area contributed by atoms with Crippen molar-refractivity contribution in [2.45, 2.75) is 37.8 Å². The number of carbonyl (C=O) groups is 2. The Morgan fingerprint density at radius 3 is 1.97 bits per heavy atom. The summed E-state index contributed by atoms with van der Waals surface area (Å²) in [5, 5.41) is 3.37. The minimum Gasteiger partial charge on any atom is -0.354 e. The number of hydrogen-bond acceptors (Lipinski definition) is 4. The molecule has 202 valence electrons. The van der Waals surface area contributed by atoms with E-state index in [4.69, 9.17) is 11.6 Å². The molecular weight excluding hydrogens is 522 g/mol. The highest BCUT2D eigenvalue weighted by atomic mass is 35.5. The zero-order chi connectivity index (χ0) is 27.7. The van der Waals surface area contributed by atoms with Crippen molar-refractivity contribution in [1.29, 1.82) is 0 Å². The highest BCUT2D eigenvalue weighted by Gasteiger charge is 2.33. The molecule has 3 aromatic rings. The minimum atomic E-state index is -3.96. The lowest BCUT2D eigenvalue weighted by Gasteiger charge is -2.33. The van der Waals surface area contributed by atoms with Crippen molar-refractivity contribution in [2.75, 3.05) is 20.1 Å². The van der Waals surface area contributed by atoms with Crippen LogP contribution in [0.4, 0.5) is 0 Å². The van der Waals surface area contributed by atoms with Crippen molar-refractivity contribution in [3.63, 3.8) is 0 Å². The Balaban J connectivity index is 1.94. The summed E-state index contributed by atoms with van der Waals surface area (Å²) in [5.74, 6) is -0.533. The first kappa shape index (κ1) is 29.4. The fourth-order valence-electron chi connectivity index (χ4n) is 3.91. The molecule has 0 bridgehead atoms. The number of benzene rings is 3. The molecule has 2 amide bonds. The van der Waals surface area contributed by atoms with Gasteiger partial charge in [0, 0.05) is 31.6 Å². The second-order valence-electron chi connectivity index (χ2n) is 9.57. The van der Waals surface area contributed by atoms with Crippen molar-refractivity contribution in [3.8, 4) is 0 Å². The number of carbonyl (C=O) groups excluding carboxylic acids is 2. The minimum absolute atomic E-state index is 0.0299. The van der Waals surface area contributed by atoms with Gasteiger partial charge in [-0.25, -0.2) is 8.42 Å². The predicted octanol–water partition coefficient (Wildman–Crippen LogP) is 4.37. The van der Waals surface area contributed by atoms with Crippen LogP contribution in [0.1, 0.15) is 25.0 Å². The molecule has 0 saturated heterocycles. The number of hydrogen-bond donors (Lipinski definition) is 1. The number of likely N-dealkylation sites (N-methyl/N-ethyl adjacent to an activating group) is 1. The average molecular weight is 556 g/mol. The van der Waals surface area contributed by atoms with Gasteiger partial charge in [-0.2, -0.15) is 4.31 Å². The molecule has 0 saturated carbocycles. The first-order valence-electron chi connectivity index (χ1n) is 12.4. The van der Waals surface area contributed by atoms with E-state index in [0.29, 0.717) is 11.6 Å². The fourth-order valence-corrected chi connectivity index (χ4v) is 5.16. The lowest BCUT2D eigenvalue weighted by atomic mass is 10.0. The zero-order valence-electron chi connectivity index (χ0n) is 21.9. The van der Waals surface area contributed by atoms with Crippen LogP contribution in [0.3, 0.4) is 0 Å². The van der Waals surface area contributed by atoms with E-state index < -0.39 is 28.5 Å². The Morgan fingerprint density at radius 2 is 1.42 bits per heavy atom. The van der Waals surface area contributed by atoms with Crippen molar-refractivity contribution in [1.82, 2.24) is 14.5 Å². The molecule has 3 rings (SSSR count). The van der Waals surface area contributed by atoms with Gasteiger partial charge >= 0.3 is 0 Å². The standard InChI is InChI=1S/C29H34ClN3O4S/c1-22(2)19-31-29(35)27(18-23-10-6-4-7-11-23)33(20-24-12-8-5-9-13-24)28(34)21-32(3)38(36,37)26-16-14-25(30)15-17-26/h4-17,22,27H,18-21H2,1-3H3,(H,31,35)/t27-/m0/s1. The van der Waals surface area contributed by atoms with Gasteiger partial charge in [0.2, 0.25) is 21.8 Å². The number of sulfonamides is 1. The number of nitrogens with one attached hydrogen (secondary N) is 1. The van der Waals surface area contributed by atoms with E-state index in [1.54, 1.807) is 0 Å². The van der Waals surface area contributed by atoms with Crippen LogP contribution in [0.25, 0.3) is 0 Å². The highest BCUT2D eigenvalue weighted by molar-refractivity contribution is 7.89. The molecule has 0 aromatic heterocycles. The van der Waals surface area contributed by atoms with Crippen molar-refractivity contribution >= 4 is 33.4 Å². The van der Waals surface area contributed by atoms with E-state index in [0.717, 1.165) is 15.4 Å². The number of halogens is 1. The maximum Gasteiger partial charge on any atom is 0.243 e. The molecule has 0 spiro atoms. The molecule has 0 radical (unpaired) electrons. The number of nitrogens with zero attached hydrogens (tertiary/aromatic N) is 2. The molecule has 7 nitrogen and oxygen atoms in total. The molecule has 0 aliphatic carbocycles. The van der Waals surface area contributed by atoms with Gasteiger partial charge in [0.1, 0.15) is 6.04 Å². The third-order valence-electron chi connectivity index (χ3n) is 6.03. The van der Waals surface area contributed by atoms with Crippen molar-refractivity contribution < 1.29 is 18.0 Å². The Morgan fingerprint density at radius 1 is 0.868 bits per heavy atom. The molecule has 0 aliphatic heterocycles. The molecule has 9 heteroatoms. The van der Waals surface area contributed by atoms with Gasteiger partial charge in [0.05, 0.1) is 11.4 Å². The molecule has 38 heavy (non-hydrogen) atoms. The van der Waals surface area contributed by atoms with Crippen LogP contribution in [-0.2, 0) is 32.6 Å². The van der Waals surface area contributed by atoms with Gasteiger partial charge in [-0.1, -0.05) is 86.1 Å². The third kappa shape index (κ3) is 8.15. The molecule has 0 fully saturated rings. The van der Waals surface area contributed by atoms with Gasteiger partial charge < -0.3 is 10.2 Å². The molecule has 1 N–H and O–H groups in total. The van der Waals surface area contributed by atoms with Crippen LogP contribution in [0.15, 0.2) is 89.8 Å². The van der Waals surface area contributed by atoms with E-state index in [-0.39, 0.29) is 29.7 Å². The second kappa shape index (κ2) is 13.6. The van der Waals surface area contributed by atoms with Crippen molar-refractivity contribution in [3.05, 3.63) is 101 Å². The maximum atomic E-state index is 13.8. The molecule has 0 aliphatic rings. The average Bonchev–Trinajstić information content (AvgIpc) is 2.90. The monoisotopic (exact) mass is 555 g/mol. The number of amides is 2. The lowest BCUT2D eigenvalue weighted by Crippen LogP contribution is -2.53. The third-order valence-corrected chi connectivity index (χ3v) is 8.10. The molecule has 1 atom stereocenters. The van der Waals surface area contributed by atoms with Crippen LogP contribution >= 0.6 is 11.6 Å². The van der Waals surface area contributed by atoms with Crippen LogP contribution < -0.4 is 5.32 Å². The normalized spacial score (nSPS) is 12.4. The van der Waals surface area contributed by atoms with Crippen LogP contribution in [-0.4, -0.2) is 55.6 Å². The second-order valence-corrected chi connectivity index (χ2v) is 12.0. The van der Waals surface area contributed by atoms with E-state index in [9.17, 15) is 18.0 Å². The van der Waals surface area contributed by atoms with Crippen LogP contribution in [0, 0.1) is 5.92 Å². The SMILES string of the molecule is CC(C)CNC(=O)[C@H](Cc1ccccc1)N(Cc1ccccc1)C(=O)CN(C)S(=O)(=O)c1ccc(Cl)cc1. The van der Waals surface area contributed by atoms with Gasteiger partial charge in [-0.05, 0) is 41.3 Å². The first-order valence-corrected chi connectivity index (χ1v) is 14.3. The quantitative estimate of drug-likeness (QED) is 0.359. The van der Waals surface area contributed by atoms with Crippen LogP contribution in [0.5, 0.6) is 0 Å². The fraction of sp³-hybridized carbons (Fsp3) is 0.310. The van der Waals surface area contributed by atoms with E-state index in [2.05, 4.69) is 5.32 Å². The van der Waals surface area contributed by atoms with Crippen LogP contribution in [0.2, 0.25) is 5.02 Å². The van der Waals surface area contributed by atoms with Gasteiger partial charge in [0.15, 0.2) is 0 Å². The van der Waals surface area contributed by atoms with Gasteiger partial charge in [-0.3, -0.25) is 9.59 Å². The Labute approximate surface area is 230 Å². The molecule has 0 unspecified atom stereocenters. The van der Waals surface area contributed by atoms with Crippen molar-refractivity contribution in [2.24, 2.45) is 5.92 Å². The Hall–Kier alpha value is -3.20. The lowest BCUT2D eigenvalue weighted by molar-refractivity contribution is -0.141. The number of rotatable bonds is 12. The summed E-state index contributed by atoms with van der Waals surface area (Å²) < 4.78 is 27.3. The van der Waals surface area contributed by atoms with E-state index in [1.165, 1.54) is 36.2 Å². The zero-order valence-corrected chi connectivity index (χ0v) is 23.5. The summed E-state index contributed by atoms with van der Waals surface area (Å²) in [5.41, 5.74) is 1.73. The summed E-state index contributed by atoms with van der Waals surface area (Å²) in [6.07, 6.45) is 0.289. The smallest absolute Gasteiger partial charge is 0.243 e. The summed E-state index contributed by atoms with van der Waals surface area (Å²) in [7, 11) is -2.60. The topological polar surface area (TPSA) is 86.8 Å². The summed E-state index contributed by atoms with van der Waals surface area (Å²) in [6, 6.07) is 23.8. The van der Waals surface area contributed by atoms with Gasteiger partial charge in [0.25, 0.3) is 0 Å². The largest absolute Gasteiger partial charge is 0.354 e. The highest BCUT2D eigenvalue weighted by Crippen LogP contribution is 2.19. The predicted molar refractivity (Wildman–Crippen MR) is 150 cm³/mol. The molecular formula is C29H34ClN3O4S. The summed E-state index contributed by atoms with van der Waals surface area (Å²) in [4.78, 5) is 28.8. The Kier molecular flexibility index (Phi) is 10.5. The van der Waals surface area contributed by atoms with Gasteiger partial charge in [-0.15, -0.1) is 0 Å². The summed E-state index contributed by atoms with van der Waals surface area (Å²) in [6.45, 7) is 4.18. The first-order chi connectivity index (χ1) is 18.1. The Bertz CT molecular complexity index is 1300. The maximum absolute atomic E-state index is 13.8. The molecule has 0 heterocycles. The summed E-state index contributed by atoms with van der Waals surface area (Å²) >= 11 is 5.91. The van der Waals surface area contributed by atoms with E-state index >= 15 is 0 Å². The molecule has 3 aromatic carbocycles.